The van der Waals surface area contributed by atoms with Gasteiger partial charge in [-0.3, -0.25) is 4.72 Å². The van der Waals surface area contributed by atoms with Crippen LogP contribution in [0.2, 0.25) is 0 Å². The van der Waals surface area contributed by atoms with E-state index < -0.39 is 10.0 Å². The van der Waals surface area contributed by atoms with Crippen molar-refractivity contribution in [2.45, 2.75) is 23.0 Å². The Morgan fingerprint density at radius 1 is 1.29 bits per heavy atom. The van der Waals surface area contributed by atoms with Crippen molar-refractivity contribution in [2.75, 3.05) is 4.72 Å². The van der Waals surface area contributed by atoms with E-state index in [-0.39, 0.29) is 4.21 Å². The Labute approximate surface area is 123 Å². The molecule has 0 amide bonds. The monoisotopic (exact) mass is 322 g/mol. The van der Waals surface area contributed by atoms with Crippen LogP contribution in [0.25, 0.3) is 5.78 Å². The molecule has 1 aliphatic rings. The van der Waals surface area contributed by atoms with Crippen molar-refractivity contribution in [3.63, 3.8) is 0 Å². The van der Waals surface area contributed by atoms with Gasteiger partial charge in [-0.15, -0.1) is 11.3 Å². The number of nitrogens with zero attached hydrogens (tertiary/aromatic N) is 5. The van der Waals surface area contributed by atoms with Crippen molar-refractivity contribution in [1.82, 2.24) is 24.6 Å². The maximum Gasteiger partial charge on any atom is 0.274 e. The molecule has 3 aromatic rings. The van der Waals surface area contributed by atoms with Crippen LogP contribution in [0.1, 0.15) is 23.8 Å². The molecule has 4 rings (SSSR count). The number of aromatic nitrogens is 5. The number of thiazole rings is 1. The average molecular weight is 322 g/mol. The van der Waals surface area contributed by atoms with Crippen molar-refractivity contribution in [2.24, 2.45) is 0 Å². The summed E-state index contributed by atoms with van der Waals surface area (Å²) < 4.78 is 28.8. The van der Waals surface area contributed by atoms with Gasteiger partial charge in [0.2, 0.25) is 0 Å². The van der Waals surface area contributed by atoms with E-state index in [4.69, 9.17) is 0 Å². The third-order valence-corrected chi connectivity index (χ3v) is 6.09. The van der Waals surface area contributed by atoms with Crippen LogP contribution in [0.5, 0.6) is 0 Å². The predicted octanol–water partition coefficient (Wildman–Crippen LogP) is 1.26. The van der Waals surface area contributed by atoms with Gasteiger partial charge >= 0.3 is 0 Å². The Kier molecular flexibility index (Phi) is 2.69. The lowest BCUT2D eigenvalue weighted by atomic mass is 10.5. The number of nitrogens with one attached hydrogen (secondary N) is 1. The van der Waals surface area contributed by atoms with Crippen molar-refractivity contribution < 1.29 is 8.42 Å². The number of rotatable bonds is 4. The Bertz CT molecular complexity index is 912. The van der Waals surface area contributed by atoms with E-state index in [0.29, 0.717) is 17.5 Å². The van der Waals surface area contributed by atoms with Gasteiger partial charge in [0.05, 0.1) is 11.2 Å². The fourth-order valence-corrected chi connectivity index (χ4v) is 4.28. The van der Waals surface area contributed by atoms with Crippen LogP contribution >= 0.6 is 11.3 Å². The number of hydrogen-bond acceptors (Lipinski definition) is 7. The molecule has 0 bridgehead atoms. The number of fused-ring (bicyclic) bond motifs is 1. The normalized spacial score (nSPS) is 15.4. The van der Waals surface area contributed by atoms with Crippen LogP contribution in [0.4, 0.5) is 5.82 Å². The third kappa shape index (κ3) is 2.25. The number of hydrogen-bond donors (Lipinski definition) is 1. The summed E-state index contributed by atoms with van der Waals surface area (Å²) in [6.45, 7) is 0. The molecule has 0 saturated heterocycles. The molecule has 1 saturated carbocycles. The van der Waals surface area contributed by atoms with E-state index >= 15 is 0 Å². The molecule has 0 unspecified atom stereocenters. The molecule has 0 spiro atoms. The van der Waals surface area contributed by atoms with Gasteiger partial charge in [-0.1, -0.05) is 0 Å². The Hall–Kier alpha value is -2.07. The lowest BCUT2D eigenvalue weighted by Crippen LogP contribution is -2.14. The number of sulfonamides is 1. The molecule has 8 nitrogen and oxygen atoms in total. The van der Waals surface area contributed by atoms with E-state index in [1.165, 1.54) is 40.6 Å². The summed E-state index contributed by atoms with van der Waals surface area (Å²) in [4.78, 5) is 12.1. The Morgan fingerprint density at radius 3 is 2.95 bits per heavy atom. The Balaban J connectivity index is 1.69. The molecule has 108 valence electrons. The van der Waals surface area contributed by atoms with Crippen molar-refractivity contribution in [3.05, 3.63) is 29.8 Å². The van der Waals surface area contributed by atoms with Crippen LogP contribution in [-0.4, -0.2) is 33.0 Å². The SMILES string of the molecule is O=S(=O)(Nc1ccnc2ncnn12)c1cnc(C2CC2)s1. The summed E-state index contributed by atoms with van der Waals surface area (Å²) >= 11 is 1.21. The molecular weight excluding hydrogens is 312 g/mol. The molecule has 0 aromatic carbocycles. The van der Waals surface area contributed by atoms with E-state index in [1.54, 1.807) is 0 Å². The molecule has 0 atom stereocenters. The van der Waals surface area contributed by atoms with Crippen molar-refractivity contribution >= 4 is 33.0 Å². The highest BCUT2D eigenvalue weighted by Gasteiger charge is 2.29. The third-order valence-electron chi connectivity index (χ3n) is 3.11. The second kappa shape index (κ2) is 4.46. The minimum absolute atomic E-state index is 0.203. The van der Waals surface area contributed by atoms with Gasteiger partial charge < -0.3 is 0 Å². The number of anilines is 1. The fourth-order valence-electron chi connectivity index (χ4n) is 1.92. The molecule has 1 aliphatic carbocycles. The largest absolute Gasteiger partial charge is 0.274 e. The quantitative estimate of drug-likeness (QED) is 0.776. The van der Waals surface area contributed by atoms with Crippen LogP contribution in [0.15, 0.2) is 29.0 Å². The summed E-state index contributed by atoms with van der Waals surface area (Å²) in [5.41, 5.74) is 0. The highest BCUT2D eigenvalue weighted by atomic mass is 32.2. The molecule has 3 heterocycles. The first kappa shape index (κ1) is 12.7. The predicted molar refractivity (Wildman–Crippen MR) is 75.7 cm³/mol. The van der Waals surface area contributed by atoms with Crippen molar-refractivity contribution in [3.8, 4) is 0 Å². The zero-order chi connectivity index (χ0) is 14.4. The highest BCUT2D eigenvalue weighted by Crippen LogP contribution is 2.42. The standard InChI is InChI=1S/C11H10N6O2S2/c18-21(19,9-5-13-10(20-9)7-1-2-7)16-8-3-4-12-11-14-6-15-17(8)11/h3-7,16H,1-2H2. The van der Waals surface area contributed by atoms with E-state index in [2.05, 4.69) is 24.8 Å². The summed E-state index contributed by atoms with van der Waals surface area (Å²) in [5, 5.41) is 4.83. The topological polar surface area (TPSA) is 102 Å². The molecule has 0 radical (unpaired) electrons. The lowest BCUT2D eigenvalue weighted by molar-refractivity contribution is 0.602. The molecular formula is C11H10N6O2S2. The second-order valence-corrected chi connectivity index (χ2v) is 7.67. The lowest BCUT2D eigenvalue weighted by Gasteiger charge is -2.06. The smallest absolute Gasteiger partial charge is 0.262 e. The van der Waals surface area contributed by atoms with E-state index in [0.717, 1.165) is 17.8 Å². The fraction of sp³-hybridized carbons (Fsp3) is 0.273. The van der Waals surface area contributed by atoms with Gasteiger partial charge in [-0.2, -0.15) is 14.6 Å². The summed E-state index contributed by atoms with van der Waals surface area (Å²) in [6, 6.07) is 1.53. The minimum atomic E-state index is -3.68. The van der Waals surface area contributed by atoms with Gasteiger partial charge in [0.1, 0.15) is 12.1 Å². The molecule has 0 aliphatic heterocycles. The maximum absolute atomic E-state index is 12.4. The molecule has 10 heteroatoms. The molecule has 3 aromatic heterocycles. The highest BCUT2D eigenvalue weighted by molar-refractivity contribution is 7.94. The van der Waals surface area contributed by atoms with Crippen LogP contribution in [-0.2, 0) is 10.0 Å². The van der Waals surface area contributed by atoms with Gasteiger partial charge in [0.15, 0.2) is 4.21 Å². The van der Waals surface area contributed by atoms with Gasteiger partial charge in [0, 0.05) is 18.2 Å². The van der Waals surface area contributed by atoms with Crippen LogP contribution in [0.3, 0.4) is 0 Å². The van der Waals surface area contributed by atoms with Gasteiger partial charge in [-0.25, -0.2) is 18.4 Å². The van der Waals surface area contributed by atoms with Gasteiger partial charge in [-0.05, 0) is 12.8 Å². The zero-order valence-corrected chi connectivity index (χ0v) is 12.3. The maximum atomic E-state index is 12.4. The summed E-state index contributed by atoms with van der Waals surface area (Å²) in [6.07, 6.45) is 6.37. The first-order valence-electron chi connectivity index (χ1n) is 6.27. The second-order valence-electron chi connectivity index (χ2n) is 4.70. The molecule has 21 heavy (non-hydrogen) atoms. The molecule has 1 N–H and O–H groups in total. The Morgan fingerprint density at radius 2 is 2.14 bits per heavy atom. The van der Waals surface area contributed by atoms with E-state index in [9.17, 15) is 8.42 Å². The summed E-state index contributed by atoms with van der Waals surface area (Å²) in [7, 11) is -3.68. The molecule has 1 fully saturated rings. The van der Waals surface area contributed by atoms with Gasteiger partial charge in [0.25, 0.3) is 15.8 Å². The first-order chi connectivity index (χ1) is 10.1. The van der Waals surface area contributed by atoms with Crippen LogP contribution in [0, 0.1) is 0 Å². The summed E-state index contributed by atoms with van der Waals surface area (Å²) in [5.74, 6) is 1.05. The minimum Gasteiger partial charge on any atom is -0.262 e. The average Bonchev–Trinajstić information content (AvgIpc) is 3.00. The van der Waals surface area contributed by atoms with Crippen molar-refractivity contribution in [1.29, 1.82) is 0 Å². The van der Waals surface area contributed by atoms with Crippen LogP contribution < -0.4 is 4.72 Å². The zero-order valence-electron chi connectivity index (χ0n) is 10.7. The van der Waals surface area contributed by atoms with E-state index in [1.807, 2.05) is 0 Å². The first-order valence-corrected chi connectivity index (χ1v) is 8.57.